The maximum Gasteiger partial charge on any atom is 0.411 e. The van der Waals surface area contributed by atoms with Crippen molar-refractivity contribution in [2.45, 2.75) is 71.9 Å². The van der Waals surface area contributed by atoms with Crippen LogP contribution in [0, 0.1) is 0 Å². The number of nitrogens with one attached hydrogen (secondary N) is 3. The van der Waals surface area contributed by atoms with Gasteiger partial charge in [0.25, 0.3) is 0 Å². The van der Waals surface area contributed by atoms with E-state index in [1.54, 1.807) is 59.9 Å². The smallest absolute Gasteiger partial charge is 0.411 e. The zero-order chi connectivity index (χ0) is 27.4. The van der Waals surface area contributed by atoms with Gasteiger partial charge in [0.2, 0.25) is 15.9 Å². The summed E-state index contributed by atoms with van der Waals surface area (Å²) in [6.07, 6.45) is 5.02. The molecule has 1 aromatic heterocycles. The Morgan fingerprint density at radius 2 is 1.84 bits per heavy atom. The molecule has 11 heteroatoms. The van der Waals surface area contributed by atoms with Crippen LogP contribution in [0.15, 0.2) is 53.2 Å². The molecule has 37 heavy (non-hydrogen) atoms. The number of hydrogen-bond donors (Lipinski definition) is 3. The van der Waals surface area contributed by atoms with E-state index in [2.05, 4.69) is 20.3 Å². The van der Waals surface area contributed by atoms with Gasteiger partial charge in [0, 0.05) is 45.9 Å². The van der Waals surface area contributed by atoms with E-state index in [1.807, 2.05) is 18.2 Å². The summed E-state index contributed by atoms with van der Waals surface area (Å²) >= 11 is 1.41. The fourth-order valence-corrected chi connectivity index (χ4v) is 6.56. The minimum absolute atomic E-state index is 0.183. The van der Waals surface area contributed by atoms with Crippen LogP contribution in [0.3, 0.4) is 0 Å². The molecule has 1 aliphatic carbocycles. The maximum atomic E-state index is 13.4. The molecule has 1 aromatic carbocycles. The summed E-state index contributed by atoms with van der Waals surface area (Å²) < 4.78 is 34.6. The normalized spacial score (nSPS) is 16.1. The van der Waals surface area contributed by atoms with Gasteiger partial charge in [0.05, 0.1) is 11.0 Å². The molecular formula is C26H34N4O5S2. The molecule has 2 amide bonds. The number of rotatable bonds is 8. The second-order valence-electron chi connectivity index (χ2n) is 9.98. The molecule has 2 aromatic rings. The van der Waals surface area contributed by atoms with Crippen LogP contribution in [0.5, 0.6) is 0 Å². The Morgan fingerprint density at radius 3 is 2.43 bits per heavy atom. The summed E-state index contributed by atoms with van der Waals surface area (Å²) in [5, 5.41) is 6.17. The monoisotopic (exact) mass is 546 g/mol. The van der Waals surface area contributed by atoms with Crippen molar-refractivity contribution in [2.75, 3.05) is 5.32 Å². The molecule has 1 aliphatic rings. The molecule has 3 N–H and O–H groups in total. The summed E-state index contributed by atoms with van der Waals surface area (Å²) in [7, 11) is -3.85. The fraction of sp³-hybridized carbons (Fsp3) is 0.423. The first-order valence-corrected chi connectivity index (χ1v) is 14.4. The van der Waals surface area contributed by atoms with Crippen molar-refractivity contribution in [3.63, 3.8) is 0 Å². The van der Waals surface area contributed by atoms with Crippen LogP contribution in [-0.4, -0.2) is 37.0 Å². The number of allylic oxidation sites excluding steroid dienone is 3. The van der Waals surface area contributed by atoms with Gasteiger partial charge in [-0.05, 0) is 71.4 Å². The van der Waals surface area contributed by atoms with E-state index in [1.165, 1.54) is 17.4 Å². The first-order valence-electron chi connectivity index (χ1n) is 12.1. The van der Waals surface area contributed by atoms with Crippen molar-refractivity contribution in [3.8, 4) is 10.6 Å². The van der Waals surface area contributed by atoms with Crippen molar-refractivity contribution in [2.24, 2.45) is 0 Å². The molecule has 0 saturated carbocycles. The lowest BCUT2D eigenvalue weighted by Gasteiger charge is -2.27. The second-order valence-corrected chi connectivity index (χ2v) is 12.7. The summed E-state index contributed by atoms with van der Waals surface area (Å²) in [5.41, 5.74) is 1.23. The predicted molar refractivity (Wildman–Crippen MR) is 147 cm³/mol. The van der Waals surface area contributed by atoms with Crippen molar-refractivity contribution in [1.29, 1.82) is 0 Å². The van der Waals surface area contributed by atoms with E-state index < -0.39 is 27.6 Å². The number of sulfonamides is 1. The van der Waals surface area contributed by atoms with Gasteiger partial charge in [-0.3, -0.25) is 10.1 Å². The van der Waals surface area contributed by atoms with Crippen LogP contribution in [0.4, 0.5) is 10.5 Å². The lowest BCUT2D eigenvalue weighted by atomic mass is 9.97. The zero-order valence-electron chi connectivity index (χ0n) is 21.9. The molecule has 0 saturated heterocycles. The topological polar surface area (TPSA) is 126 Å². The summed E-state index contributed by atoms with van der Waals surface area (Å²) in [5.74, 6) is -0.628. The highest BCUT2D eigenvalue weighted by Crippen LogP contribution is 2.40. The number of ether oxygens (including phenoxy) is 1. The highest BCUT2D eigenvalue weighted by molar-refractivity contribution is 7.93. The van der Waals surface area contributed by atoms with Crippen LogP contribution in [0.25, 0.3) is 10.6 Å². The molecule has 0 spiro atoms. The largest absolute Gasteiger partial charge is 0.447 e. The van der Waals surface area contributed by atoms with Crippen LogP contribution in [0.2, 0.25) is 0 Å². The Hall–Kier alpha value is -3.02. The zero-order valence-corrected chi connectivity index (χ0v) is 23.5. The maximum absolute atomic E-state index is 13.4. The van der Waals surface area contributed by atoms with Crippen molar-refractivity contribution in [1.82, 2.24) is 15.0 Å². The van der Waals surface area contributed by atoms with E-state index in [9.17, 15) is 18.0 Å². The highest BCUT2D eigenvalue weighted by Gasteiger charge is 2.34. The Kier molecular flexibility index (Phi) is 8.93. The molecule has 1 unspecified atom stereocenters. The molecule has 0 fully saturated rings. The van der Waals surface area contributed by atoms with E-state index in [-0.39, 0.29) is 16.9 Å². The number of carbonyl (C=O) groups excluding carboxylic acids is 2. The van der Waals surface area contributed by atoms with Crippen molar-refractivity contribution >= 4 is 39.0 Å². The fourth-order valence-electron chi connectivity index (χ4n) is 3.63. The van der Waals surface area contributed by atoms with Gasteiger partial charge in [0.15, 0.2) is 0 Å². The van der Waals surface area contributed by atoms with E-state index in [0.717, 1.165) is 15.4 Å². The number of benzene rings is 1. The number of thiazole rings is 1. The molecule has 1 atom stereocenters. The molecular weight excluding hydrogens is 512 g/mol. The number of carbonyl (C=O) groups is 2. The molecule has 0 radical (unpaired) electrons. The highest BCUT2D eigenvalue weighted by atomic mass is 32.2. The Morgan fingerprint density at radius 1 is 1.16 bits per heavy atom. The lowest BCUT2D eigenvalue weighted by Crippen LogP contribution is -2.42. The average molecular weight is 547 g/mol. The Balaban J connectivity index is 1.86. The Bertz CT molecular complexity index is 1300. The third kappa shape index (κ3) is 7.98. The first-order chi connectivity index (χ1) is 17.3. The number of anilines is 1. The first kappa shape index (κ1) is 28.5. The minimum atomic E-state index is -3.85. The van der Waals surface area contributed by atoms with Gasteiger partial charge in [-0.2, -0.15) is 0 Å². The number of nitrogens with zero attached hydrogens (tertiary/aromatic N) is 1. The van der Waals surface area contributed by atoms with Crippen molar-refractivity contribution < 1.29 is 22.7 Å². The molecule has 0 bridgehead atoms. The molecule has 1 heterocycles. The molecule has 0 aliphatic heterocycles. The second kappa shape index (κ2) is 11.6. The van der Waals surface area contributed by atoms with Gasteiger partial charge in [0.1, 0.15) is 5.01 Å². The quantitative estimate of drug-likeness (QED) is 0.414. The van der Waals surface area contributed by atoms with Crippen LogP contribution in [-0.2, 0) is 19.6 Å². The van der Waals surface area contributed by atoms with E-state index >= 15 is 0 Å². The van der Waals surface area contributed by atoms with Crippen LogP contribution >= 0.6 is 11.3 Å². The third-order valence-corrected chi connectivity index (χ3v) is 8.22. The SMILES string of the molecule is CCC(=O)NC1=CCC(c2cnc(-c3ccc(NC(=O)OC(C)C)cc3)s2)C(S(=O)(=O)NC(C)(C)C)=C1. The van der Waals surface area contributed by atoms with Crippen molar-refractivity contribution in [3.05, 3.63) is 58.1 Å². The van der Waals surface area contributed by atoms with Gasteiger partial charge in [-0.1, -0.05) is 13.0 Å². The average Bonchev–Trinajstić information content (AvgIpc) is 3.27. The summed E-state index contributed by atoms with van der Waals surface area (Å²) in [6.45, 7) is 10.6. The van der Waals surface area contributed by atoms with Crippen LogP contribution < -0.4 is 15.4 Å². The van der Waals surface area contributed by atoms with E-state index in [4.69, 9.17) is 4.74 Å². The lowest BCUT2D eigenvalue weighted by molar-refractivity contribution is -0.120. The standard InChI is InChI=1S/C26H34N4O5S2/c1-7-23(31)28-19-12-13-20(22(14-19)37(33,34)30-26(4,5)6)21-15-27-24(36-21)17-8-10-18(11-9-17)29-25(32)35-16(2)3/h8-12,14-16,20,30H,7,13H2,1-6H3,(H,28,31)(H,29,32). The van der Waals surface area contributed by atoms with Gasteiger partial charge < -0.3 is 10.1 Å². The van der Waals surface area contributed by atoms with Crippen LogP contribution in [0.1, 0.15) is 65.2 Å². The number of hydrogen-bond acceptors (Lipinski definition) is 7. The minimum Gasteiger partial charge on any atom is -0.447 e. The summed E-state index contributed by atoms with van der Waals surface area (Å²) in [4.78, 5) is 29.3. The molecule has 9 nitrogen and oxygen atoms in total. The molecule has 200 valence electrons. The summed E-state index contributed by atoms with van der Waals surface area (Å²) in [6, 6.07) is 7.18. The van der Waals surface area contributed by atoms with Gasteiger partial charge >= 0.3 is 6.09 Å². The molecule has 3 rings (SSSR count). The van der Waals surface area contributed by atoms with E-state index in [0.29, 0.717) is 24.2 Å². The van der Waals surface area contributed by atoms with Gasteiger partial charge in [-0.15, -0.1) is 11.3 Å². The number of aromatic nitrogens is 1. The predicted octanol–water partition coefficient (Wildman–Crippen LogP) is 5.27. The number of amides is 2. The van der Waals surface area contributed by atoms with Gasteiger partial charge in [-0.25, -0.2) is 22.9 Å². The Labute approximate surface area is 222 Å². The third-order valence-electron chi connectivity index (χ3n) is 5.16.